The highest BCUT2D eigenvalue weighted by Crippen LogP contribution is 2.26. The molecule has 0 radical (unpaired) electrons. The van der Waals surface area contributed by atoms with Crippen molar-refractivity contribution in [2.24, 2.45) is 5.73 Å². The molecule has 0 heterocycles. The maximum Gasteiger partial charge on any atom is 0.122 e. The van der Waals surface area contributed by atoms with Crippen LogP contribution in [0.25, 0.3) is 0 Å². The van der Waals surface area contributed by atoms with Crippen molar-refractivity contribution >= 4 is 0 Å². The lowest BCUT2D eigenvalue weighted by Crippen LogP contribution is -2.22. The highest BCUT2D eigenvalue weighted by Gasteiger charge is 2.15. The van der Waals surface area contributed by atoms with E-state index in [2.05, 4.69) is 31.2 Å². The molecule has 0 amide bonds. The molecule has 106 valence electrons. The van der Waals surface area contributed by atoms with Crippen LogP contribution in [0.15, 0.2) is 24.3 Å². The van der Waals surface area contributed by atoms with Gasteiger partial charge in [0, 0.05) is 6.04 Å². The van der Waals surface area contributed by atoms with E-state index in [9.17, 15) is 0 Å². The van der Waals surface area contributed by atoms with Crippen LogP contribution in [-0.4, -0.2) is 12.1 Å². The van der Waals surface area contributed by atoms with Gasteiger partial charge in [-0.05, 0) is 50.2 Å². The van der Waals surface area contributed by atoms with Crippen LogP contribution in [0.4, 0.5) is 0 Å². The second-order valence-corrected chi connectivity index (χ2v) is 5.71. The van der Waals surface area contributed by atoms with Crippen molar-refractivity contribution in [1.29, 1.82) is 0 Å². The predicted molar refractivity (Wildman–Crippen MR) is 80.5 cm³/mol. The molecule has 0 saturated heterocycles. The Morgan fingerprint density at radius 2 is 1.84 bits per heavy atom. The summed E-state index contributed by atoms with van der Waals surface area (Å²) in [4.78, 5) is 0. The summed E-state index contributed by atoms with van der Waals surface area (Å²) in [5, 5.41) is 0. The lowest BCUT2D eigenvalue weighted by Gasteiger charge is -2.20. The Balaban J connectivity index is 2.01. The summed E-state index contributed by atoms with van der Waals surface area (Å²) in [6.07, 6.45) is 10.1. The van der Waals surface area contributed by atoms with Gasteiger partial charge in [-0.15, -0.1) is 0 Å². The first-order valence-corrected chi connectivity index (χ1v) is 7.79. The highest BCUT2D eigenvalue weighted by molar-refractivity contribution is 5.34. The van der Waals surface area contributed by atoms with E-state index in [4.69, 9.17) is 10.5 Å². The summed E-state index contributed by atoms with van der Waals surface area (Å²) in [7, 11) is 0. The smallest absolute Gasteiger partial charge is 0.122 e. The monoisotopic (exact) mass is 261 g/mol. The Kier molecular flexibility index (Phi) is 5.71. The molecule has 1 aliphatic rings. The van der Waals surface area contributed by atoms with Gasteiger partial charge >= 0.3 is 0 Å². The largest absolute Gasteiger partial charge is 0.490 e. The van der Waals surface area contributed by atoms with Crippen LogP contribution in [0.3, 0.4) is 0 Å². The first-order valence-electron chi connectivity index (χ1n) is 7.79. The third-order valence-electron chi connectivity index (χ3n) is 4.07. The Morgan fingerprint density at radius 1 is 1.16 bits per heavy atom. The average molecular weight is 261 g/mol. The topological polar surface area (TPSA) is 35.2 Å². The van der Waals surface area contributed by atoms with E-state index in [0.29, 0.717) is 6.10 Å². The standard InChI is InChI=1S/C17H27NO/c1-2-15(18)13-14-9-7-8-12-17(14)19-16-10-5-3-4-6-11-16/h7-9,12,15-16H,2-6,10-11,13,18H2,1H3. The number of benzene rings is 1. The van der Waals surface area contributed by atoms with Gasteiger partial charge in [0.1, 0.15) is 5.75 Å². The summed E-state index contributed by atoms with van der Waals surface area (Å²) in [5.41, 5.74) is 7.34. The van der Waals surface area contributed by atoms with E-state index in [1.54, 1.807) is 0 Å². The average Bonchev–Trinajstić information content (AvgIpc) is 2.69. The number of ether oxygens (including phenoxy) is 1. The molecule has 1 aromatic rings. The fraction of sp³-hybridized carbons (Fsp3) is 0.647. The van der Waals surface area contributed by atoms with Gasteiger partial charge in [-0.3, -0.25) is 0 Å². The number of hydrogen-bond donors (Lipinski definition) is 1. The number of rotatable bonds is 5. The van der Waals surface area contributed by atoms with E-state index in [1.165, 1.54) is 44.1 Å². The van der Waals surface area contributed by atoms with Crippen molar-refractivity contribution in [3.8, 4) is 5.75 Å². The van der Waals surface area contributed by atoms with E-state index in [-0.39, 0.29) is 6.04 Å². The van der Waals surface area contributed by atoms with Crippen LogP contribution in [0, 0.1) is 0 Å². The minimum atomic E-state index is 0.235. The SMILES string of the molecule is CCC(N)Cc1ccccc1OC1CCCCCC1. The van der Waals surface area contributed by atoms with Crippen LogP contribution in [0.5, 0.6) is 5.75 Å². The minimum Gasteiger partial charge on any atom is -0.490 e. The van der Waals surface area contributed by atoms with Crippen molar-refractivity contribution in [2.45, 2.75) is 70.4 Å². The first-order chi connectivity index (χ1) is 9.29. The Hall–Kier alpha value is -1.02. The summed E-state index contributed by atoms with van der Waals surface area (Å²) in [6, 6.07) is 8.63. The lowest BCUT2D eigenvalue weighted by molar-refractivity contribution is 0.181. The molecular weight excluding hydrogens is 234 g/mol. The Morgan fingerprint density at radius 3 is 2.53 bits per heavy atom. The maximum atomic E-state index is 6.26. The molecule has 0 bridgehead atoms. The number of para-hydroxylation sites is 1. The third kappa shape index (κ3) is 4.54. The summed E-state index contributed by atoms with van der Waals surface area (Å²) < 4.78 is 6.26. The van der Waals surface area contributed by atoms with Crippen molar-refractivity contribution in [3.05, 3.63) is 29.8 Å². The lowest BCUT2D eigenvalue weighted by atomic mass is 10.0. The van der Waals surface area contributed by atoms with Gasteiger partial charge in [-0.2, -0.15) is 0 Å². The summed E-state index contributed by atoms with van der Waals surface area (Å²) >= 11 is 0. The van der Waals surface area contributed by atoms with Crippen molar-refractivity contribution in [1.82, 2.24) is 0 Å². The predicted octanol–water partition coefficient (Wildman–Crippen LogP) is 4.07. The van der Waals surface area contributed by atoms with Crippen LogP contribution >= 0.6 is 0 Å². The van der Waals surface area contributed by atoms with Gasteiger partial charge in [-0.1, -0.05) is 38.0 Å². The summed E-state index contributed by atoms with van der Waals surface area (Å²) in [6.45, 7) is 2.14. The van der Waals surface area contributed by atoms with Crippen molar-refractivity contribution in [2.75, 3.05) is 0 Å². The molecule has 2 nitrogen and oxygen atoms in total. The minimum absolute atomic E-state index is 0.235. The van der Waals surface area contributed by atoms with E-state index < -0.39 is 0 Å². The van der Waals surface area contributed by atoms with Gasteiger partial charge in [0.25, 0.3) is 0 Å². The van der Waals surface area contributed by atoms with Crippen molar-refractivity contribution < 1.29 is 4.74 Å². The van der Waals surface area contributed by atoms with Crippen LogP contribution in [0.1, 0.15) is 57.4 Å². The highest BCUT2D eigenvalue weighted by atomic mass is 16.5. The molecule has 1 fully saturated rings. The molecule has 2 N–H and O–H groups in total. The molecule has 0 spiro atoms. The molecule has 1 aromatic carbocycles. The van der Waals surface area contributed by atoms with Gasteiger partial charge < -0.3 is 10.5 Å². The fourth-order valence-corrected chi connectivity index (χ4v) is 2.75. The number of nitrogens with two attached hydrogens (primary N) is 1. The van der Waals surface area contributed by atoms with E-state index >= 15 is 0 Å². The molecule has 1 atom stereocenters. The molecule has 2 rings (SSSR count). The zero-order valence-corrected chi connectivity index (χ0v) is 12.1. The Labute approximate surface area is 117 Å². The van der Waals surface area contributed by atoms with Gasteiger partial charge in [-0.25, -0.2) is 0 Å². The zero-order valence-electron chi connectivity index (χ0n) is 12.1. The molecule has 19 heavy (non-hydrogen) atoms. The van der Waals surface area contributed by atoms with Crippen LogP contribution < -0.4 is 10.5 Å². The van der Waals surface area contributed by atoms with E-state index in [1.807, 2.05) is 0 Å². The van der Waals surface area contributed by atoms with Gasteiger partial charge in [0.15, 0.2) is 0 Å². The molecule has 1 aliphatic carbocycles. The zero-order chi connectivity index (χ0) is 13.5. The molecule has 0 aliphatic heterocycles. The van der Waals surface area contributed by atoms with Gasteiger partial charge in [0.05, 0.1) is 6.10 Å². The second-order valence-electron chi connectivity index (χ2n) is 5.71. The quantitative estimate of drug-likeness (QED) is 0.811. The normalized spacial score (nSPS) is 18.8. The van der Waals surface area contributed by atoms with Gasteiger partial charge in [0.2, 0.25) is 0 Å². The summed E-state index contributed by atoms with van der Waals surface area (Å²) in [5.74, 6) is 1.05. The maximum absolute atomic E-state index is 6.26. The molecule has 0 aromatic heterocycles. The number of hydrogen-bond acceptors (Lipinski definition) is 2. The third-order valence-corrected chi connectivity index (χ3v) is 4.07. The Bertz CT molecular complexity index is 369. The van der Waals surface area contributed by atoms with Crippen LogP contribution in [-0.2, 0) is 6.42 Å². The van der Waals surface area contributed by atoms with E-state index in [0.717, 1.165) is 18.6 Å². The molecule has 1 unspecified atom stereocenters. The van der Waals surface area contributed by atoms with Crippen molar-refractivity contribution in [3.63, 3.8) is 0 Å². The molecule has 2 heteroatoms. The molecular formula is C17H27NO. The fourth-order valence-electron chi connectivity index (χ4n) is 2.75. The van der Waals surface area contributed by atoms with Crippen LogP contribution in [0.2, 0.25) is 0 Å². The second kappa shape index (κ2) is 7.54. The first kappa shape index (κ1) is 14.4. The molecule has 1 saturated carbocycles.